The maximum atomic E-state index is 12.3. The van der Waals surface area contributed by atoms with Gasteiger partial charge < -0.3 is 4.90 Å². The molecule has 84 valence electrons. The van der Waals surface area contributed by atoms with Gasteiger partial charge in [-0.2, -0.15) is 0 Å². The summed E-state index contributed by atoms with van der Waals surface area (Å²) in [6.45, 7) is 8.40. The fraction of sp³-hybridized carbons (Fsp3) is 0.500. The smallest absolute Gasteiger partial charge is 0.0676 e. The second-order valence-corrected chi connectivity index (χ2v) is 4.08. The molecule has 0 fully saturated rings. The van der Waals surface area contributed by atoms with E-state index in [1.165, 1.54) is 0 Å². The third-order valence-electron chi connectivity index (χ3n) is 2.29. The molecule has 0 bridgehead atoms. The minimum atomic E-state index is 0.509. The Bertz CT molecular complexity index is 299. The molecule has 1 aromatic carbocycles. The van der Waals surface area contributed by atoms with E-state index in [9.17, 15) is 4.48 Å². The minimum Gasteiger partial charge on any atom is -0.371 e. The number of nitrogens with zero attached hydrogens (tertiary/aromatic N) is 1. The van der Waals surface area contributed by atoms with Crippen molar-refractivity contribution in [2.75, 3.05) is 23.5 Å². The summed E-state index contributed by atoms with van der Waals surface area (Å²) in [4.78, 5) is 2.24. The highest BCUT2D eigenvalue weighted by Gasteiger charge is 2.06. The zero-order chi connectivity index (χ0) is 11.3. The van der Waals surface area contributed by atoms with Crippen LogP contribution >= 0.6 is 0 Å². The predicted octanol–water partition coefficient (Wildman–Crippen LogP) is 3.47. The molecule has 0 amide bonds. The van der Waals surface area contributed by atoms with Crippen LogP contribution < -0.4 is 10.4 Å². The second-order valence-electron chi connectivity index (χ2n) is 4.08. The van der Waals surface area contributed by atoms with Crippen LogP contribution in [0, 0.1) is 5.92 Å². The van der Waals surface area contributed by atoms with Crippen LogP contribution in [0.1, 0.15) is 20.8 Å². The van der Waals surface area contributed by atoms with Gasteiger partial charge in [-0.25, -0.2) is 5.54 Å². The van der Waals surface area contributed by atoms with Crippen molar-refractivity contribution in [3.05, 3.63) is 24.3 Å². The summed E-state index contributed by atoms with van der Waals surface area (Å²) in [5.41, 5.74) is 3.25. The average Bonchev–Trinajstić information content (AvgIpc) is 2.25. The van der Waals surface area contributed by atoms with E-state index in [-0.39, 0.29) is 0 Å². The number of hydrogen-bond acceptors (Lipinski definition) is 2. The highest BCUT2D eigenvalue weighted by molar-refractivity contribution is 5.57. The lowest BCUT2D eigenvalue weighted by molar-refractivity contribution is 0.613. The number of hydrogen-bond donors (Lipinski definition) is 1. The average molecular weight is 210 g/mol. The molecule has 0 aliphatic carbocycles. The molecule has 0 aliphatic rings. The topological polar surface area (TPSA) is 15.3 Å². The first kappa shape index (κ1) is 11.8. The molecule has 0 saturated carbocycles. The fourth-order valence-corrected chi connectivity index (χ4v) is 1.62. The number of benzene rings is 1. The zero-order valence-electron chi connectivity index (χ0n) is 9.63. The van der Waals surface area contributed by atoms with Gasteiger partial charge in [0.05, 0.1) is 5.69 Å². The fourth-order valence-electron chi connectivity index (χ4n) is 1.62. The van der Waals surface area contributed by atoms with E-state index in [2.05, 4.69) is 25.7 Å². The van der Waals surface area contributed by atoms with Crippen molar-refractivity contribution in [3.63, 3.8) is 0 Å². The maximum Gasteiger partial charge on any atom is 0.0676 e. The van der Waals surface area contributed by atoms with E-state index in [0.29, 0.717) is 11.6 Å². The molecule has 1 rings (SSSR count). The predicted molar refractivity (Wildman–Crippen MR) is 63.9 cm³/mol. The van der Waals surface area contributed by atoms with Crippen molar-refractivity contribution in [2.45, 2.75) is 20.8 Å². The SMILES string of the molecule is CCN(CC(C)C)c1cccc(NF)c1. The summed E-state index contributed by atoms with van der Waals surface area (Å²) < 4.78 is 12.3. The lowest BCUT2D eigenvalue weighted by Crippen LogP contribution is -2.27. The van der Waals surface area contributed by atoms with Crippen LogP contribution in [0.25, 0.3) is 0 Å². The number of nitrogens with one attached hydrogen (secondary N) is 1. The number of anilines is 2. The summed E-state index contributed by atoms with van der Waals surface area (Å²) in [5, 5.41) is 0. The second kappa shape index (κ2) is 5.59. The quantitative estimate of drug-likeness (QED) is 0.749. The van der Waals surface area contributed by atoms with Crippen molar-refractivity contribution in [1.29, 1.82) is 0 Å². The van der Waals surface area contributed by atoms with Crippen LogP contribution in [0.15, 0.2) is 24.3 Å². The van der Waals surface area contributed by atoms with Gasteiger partial charge in [-0.1, -0.05) is 19.9 Å². The highest BCUT2D eigenvalue weighted by Crippen LogP contribution is 2.20. The number of halogens is 1. The molecule has 15 heavy (non-hydrogen) atoms. The van der Waals surface area contributed by atoms with Gasteiger partial charge >= 0.3 is 0 Å². The Kier molecular flexibility index (Phi) is 4.40. The van der Waals surface area contributed by atoms with Crippen LogP contribution in [0.2, 0.25) is 0 Å². The first-order chi connectivity index (χ1) is 7.17. The third-order valence-corrected chi connectivity index (χ3v) is 2.29. The molecule has 1 aromatic rings. The molecule has 2 nitrogen and oxygen atoms in total. The summed E-state index contributed by atoms with van der Waals surface area (Å²) >= 11 is 0. The molecule has 0 heterocycles. The lowest BCUT2D eigenvalue weighted by Gasteiger charge is -2.25. The van der Waals surface area contributed by atoms with E-state index in [0.717, 1.165) is 18.8 Å². The largest absolute Gasteiger partial charge is 0.371 e. The monoisotopic (exact) mass is 210 g/mol. The zero-order valence-corrected chi connectivity index (χ0v) is 9.63. The van der Waals surface area contributed by atoms with Crippen molar-refractivity contribution in [1.82, 2.24) is 0 Å². The van der Waals surface area contributed by atoms with Crippen molar-refractivity contribution in [3.8, 4) is 0 Å². The molecule has 1 N–H and O–H groups in total. The Morgan fingerprint density at radius 2 is 2.13 bits per heavy atom. The molecule has 3 heteroatoms. The van der Waals surface area contributed by atoms with E-state index in [1.54, 1.807) is 11.6 Å². The summed E-state index contributed by atoms with van der Waals surface area (Å²) in [5.74, 6) is 0.604. The summed E-state index contributed by atoms with van der Waals surface area (Å²) in [6, 6.07) is 7.41. The molecule has 0 spiro atoms. The van der Waals surface area contributed by atoms with Crippen molar-refractivity contribution >= 4 is 11.4 Å². The minimum absolute atomic E-state index is 0.509. The Morgan fingerprint density at radius 3 is 2.67 bits per heavy atom. The van der Waals surface area contributed by atoms with Crippen LogP contribution in [0.5, 0.6) is 0 Å². The summed E-state index contributed by atoms with van der Waals surface area (Å²) in [6.07, 6.45) is 0. The standard InChI is InChI=1S/C12H19FN2/c1-4-15(9-10(2)3)12-7-5-6-11(8-12)14-13/h5-8,10,14H,4,9H2,1-3H3. The first-order valence-electron chi connectivity index (χ1n) is 5.39. The molecule has 0 radical (unpaired) electrons. The van der Waals surface area contributed by atoms with Gasteiger partial charge in [-0.3, -0.25) is 0 Å². The Morgan fingerprint density at radius 1 is 1.40 bits per heavy atom. The van der Waals surface area contributed by atoms with Crippen LogP contribution in [-0.2, 0) is 0 Å². The van der Waals surface area contributed by atoms with Gasteiger partial charge in [-0.05, 0) is 31.0 Å². The van der Waals surface area contributed by atoms with Crippen molar-refractivity contribution < 1.29 is 4.48 Å². The van der Waals surface area contributed by atoms with Gasteiger partial charge in [0.15, 0.2) is 0 Å². The van der Waals surface area contributed by atoms with Crippen molar-refractivity contribution in [2.24, 2.45) is 5.92 Å². The molecular weight excluding hydrogens is 191 g/mol. The van der Waals surface area contributed by atoms with E-state index >= 15 is 0 Å². The van der Waals surface area contributed by atoms with Crippen LogP contribution in [0.4, 0.5) is 15.9 Å². The maximum absolute atomic E-state index is 12.3. The first-order valence-corrected chi connectivity index (χ1v) is 5.39. The Hall–Kier alpha value is -1.25. The molecule has 0 atom stereocenters. The van der Waals surface area contributed by atoms with E-state index in [1.807, 2.05) is 18.2 Å². The molecular formula is C12H19FN2. The normalized spacial score (nSPS) is 10.5. The molecule has 0 aliphatic heterocycles. The molecule has 0 saturated heterocycles. The molecule has 0 aromatic heterocycles. The van der Waals surface area contributed by atoms with Gasteiger partial charge in [0.25, 0.3) is 0 Å². The van der Waals surface area contributed by atoms with Gasteiger partial charge in [0, 0.05) is 18.8 Å². The van der Waals surface area contributed by atoms with E-state index in [4.69, 9.17) is 0 Å². The van der Waals surface area contributed by atoms with Crippen LogP contribution in [-0.4, -0.2) is 13.1 Å². The van der Waals surface area contributed by atoms with Gasteiger partial charge in [0.2, 0.25) is 0 Å². The number of rotatable bonds is 5. The van der Waals surface area contributed by atoms with E-state index < -0.39 is 0 Å². The Balaban J connectivity index is 2.81. The van der Waals surface area contributed by atoms with Gasteiger partial charge in [0.1, 0.15) is 0 Å². The molecule has 0 unspecified atom stereocenters. The third kappa shape index (κ3) is 3.42. The van der Waals surface area contributed by atoms with Gasteiger partial charge in [-0.15, -0.1) is 4.48 Å². The Labute approximate surface area is 91.0 Å². The summed E-state index contributed by atoms with van der Waals surface area (Å²) in [7, 11) is 0. The lowest BCUT2D eigenvalue weighted by atomic mass is 10.2. The highest BCUT2D eigenvalue weighted by atomic mass is 19.2. The van der Waals surface area contributed by atoms with Crippen LogP contribution in [0.3, 0.4) is 0 Å².